The fraction of sp³-hybridized carbons (Fsp3) is 0.600. The van der Waals surface area contributed by atoms with Crippen LogP contribution in [0.15, 0.2) is 22.8 Å². The van der Waals surface area contributed by atoms with Crippen LogP contribution in [0.4, 0.5) is 0 Å². The zero-order valence-corrected chi connectivity index (χ0v) is 11.7. The molecule has 2 atom stereocenters. The van der Waals surface area contributed by atoms with Crippen LogP contribution >= 0.6 is 0 Å². The maximum Gasteiger partial charge on any atom is 0.289 e. The molecule has 0 unspecified atom stereocenters. The second-order valence-electron chi connectivity index (χ2n) is 5.87. The number of nitrogens with one attached hydrogen (secondary N) is 1. The van der Waals surface area contributed by atoms with Gasteiger partial charge in [0.1, 0.15) is 0 Å². The lowest BCUT2D eigenvalue weighted by atomic mass is 10.0. The van der Waals surface area contributed by atoms with E-state index in [9.17, 15) is 9.59 Å². The number of furan rings is 1. The normalized spacial score (nSPS) is 26.4. The summed E-state index contributed by atoms with van der Waals surface area (Å²) in [6.45, 7) is 3.45. The molecular formula is C15H20N2O3. The first-order valence-corrected chi connectivity index (χ1v) is 7.28. The van der Waals surface area contributed by atoms with Crippen molar-refractivity contribution in [2.45, 2.75) is 32.2 Å². The van der Waals surface area contributed by atoms with Gasteiger partial charge in [0.15, 0.2) is 5.76 Å². The number of amides is 2. The lowest BCUT2D eigenvalue weighted by Gasteiger charge is -2.32. The fourth-order valence-corrected chi connectivity index (χ4v) is 2.78. The number of hydrogen-bond donors (Lipinski definition) is 1. The molecular weight excluding hydrogens is 256 g/mol. The van der Waals surface area contributed by atoms with E-state index in [1.165, 1.54) is 6.26 Å². The van der Waals surface area contributed by atoms with Gasteiger partial charge in [0.25, 0.3) is 5.91 Å². The van der Waals surface area contributed by atoms with E-state index in [0.29, 0.717) is 24.8 Å². The van der Waals surface area contributed by atoms with Gasteiger partial charge in [-0.05, 0) is 37.3 Å². The standard InChI is InChI=1S/C15H20N2O3/c1-10-9-12(10)14(18)16-11-4-6-17(7-5-11)15(19)13-3-2-8-20-13/h2-3,8,10-12H,4-7,9H2,1H3,(H,16,18)/t10-,12+/m0/s1. The molecule has 0 bridgehead atoms. The Balaban J connectivity index is 1.47. The van der Waals surface area contributed by atoms with Gasteiger partial charge in [0.05, 0.1) is 6.26 Å². The molecule has 0 aromatic carbocycles. The molecule has 2 fully saturated rings. The van der Waals surface area contributed by atoms with E-state index < -0.39 is 0 Å². The van der Waals surface area contributed by atoms with Crippen molar-refractivity contribution in [2.24, 2.45) is 11.8 Å². The Hall–Kier alpha value is -1.78. The third-order valence-corrected chi connectivity index (χ3v) is 4.31. The Morgan fingerprint density at radius 1 is 1.35 bits per heavy atom. The van der Waals surface area contributed by atoms with E-state index >= 15 is 0 Å². The van der Waals surface area contributed by atoms with Gasteiger partial charge >= 0.3 is 0 Å². The molecule has 1 saturated heterocycles. The summed E-state index contributed by atoms with van der Waals surface area (Å²) in [4.78, 5) is 25.8. The highest BCUT2D eigenvalue weighted by Gasteiger charge is 2.40. The Labute approximate surface area is 118 Å². The van der Waals surface area contributed by atoms with E-state index in [1.54, 1.807) is 17.0 Å². The zero-order valence-electron chi connectivity index (χ0n) is 11.7. The third kappa shape index (κ3) is 2.71. The predicted octanol–water partition coefficient (Wildman–Crippen LogP) is 1.66. The minimum atomic E-state index is -0.0596. The smallest absolute Gasteiger partial charge is 0.289 e. The Bertz CT molecular complexity index is 489. The minimum Gasteiger partial charge on any atom is -0.459 e. The Morgan fingerprint density at radius 2 is 2.05 bits per heavy atom. The summed E-state index contributed by atoms with van der Waals surface area (Å²) in [5, 5.41) is 3.11. The Morgan fingerprint density at radius 3 is 2.60 bits per heavy atom. The molecule has 2 heterocycles. The highest BCUT2D eigenvalue weighted by atomic mass is 16.3. The molecule has 2 amide bonds. The molecule has 1 saturated carbocycles. The van der Waals surface area contributed by atoms with Crippen LogP contribution in [0.25, 0.3) is 0 Å². The number of nitrogens with zero attached hydrogens (tertiary/aromatic N) is 1. The van der Waals surface area contributed by atoms with Crippen LogP contribution in [-0.4, -0.2) is 35.8 Å². The first kappa shape index (κ1) is 13.2. The average Bonchev–Trinajstić information content (AvgIpc) is 2.97. The maximum atomic E-state index is 12.1. The van der Waals surface area contributed by atoms with Gasteiger partial charge in [0.2, 0.25) is 5.91 Å². The molecule has 1 aromatic heterocycles. The van der Waals surface area contributed by atoms with E-state index in [1.807, 2.05) is 0 Å². The number of hydrogen-bond acceptors (Lipinski definition) is 3. The highest BCUT2D eigenvalue weighted by Crippen LogP contribution is 2.37. The molecule has 20 heavy (non-hydrogen) atoms. The molecule has 1 aromatic rings. The number of rotatable bonds is 3. The first-order chi connectivity index (χ1) is 9.65. The lowest BCUT2D eigenvalue weighted by molar-refractivity contribution is -0.123. The molecule has 0 spiro atoms. The molecule has 5 heteroatoms. The van der Waals surface area contributed by atoms with Crippen molar-refractivity contribution in [1.29, 1.82) is 0 Å². The van der Waals surface area contributed by atoms with Crippen molar-refractivity contribution in [2.75, 3.05) is 13.1 Å². The zero-order chi connectivity index (χ0) is 14.1. The van der Waals surface area contributed by atoms with Crippen LogP contribution in [0.3, 0.4) is 0 Å². The van der Waals surface area contributed by atoms with Crippen molar-refractivity contribution in [3.63, 3.8) is 0 Å². The van der Waals surface area contributed by atoms with Gasteiger partial charge in [-0.3, -0.25) is 9.59 Å². The summed E-state index contributed by atoms with van der Waals surface area (Å²) in [6.07, 6.45) is 4.16. The second-order valence-corrected chi connectivity index (χ2v) is 5.87. The topological polar surface area (TPSA) is 62.6 Å². The van der Waals surface area contributed by atoms with E-state index in [-0.39, 0.29) is 23.8 Å². The van der Waals surface area contributed by atoms with Gasteiger partial charge in [-0.2, -0.15) is 0 Å². The lowest BCUT2D eigenvalue weighted by Crippen LogP contribution is -2.47. The van der Waals surface area contributed by atoms with Gasteiger partial charge < -0.3 is 14.6 Å². The quantitative estimate of drug-likeness (QED) is 0.913. The molecule has 108 valence electrons. The number of piperidine rings is 1. The molecule has 5 nitrogen and oxygen atoms in total. The summed E-state index contributed by atoms with van der Waals surface area (Å²) in [7, 11) is 0. The van der Waals surface area contributed by atoms with Gasteiger partial charge in [-0.25, -0.2) is 0 Å². The highest BCUT2D eigenvalue weighted by molar-refractivity contribution is 5.91. The van der Waals surface area contributed by atoms with Crippen LogP contribution < -0.4 is 5.32 Å². The SMILES string of the molecule is C[C@H]1C[C@H]1C(=O)NC1CCN(C(=O)c2ccco2)CC1. The van der Waals surface area contributed by atoms with Crippen LogP contribution in [0.5, 0.6) is 0 Å². The van der Waals surface area contributed by atoms with Crippen LogP contribution in [0.1, 0.15) is 36.7 Å². The van der Waals surface area contributed by atoms with Crippen LogP contribution in [-0.2, 0) is 4.79 Å². The summed E-state index contributed by atoms with van der Waals surface area (Å²) in [5.74, 6) is 1.27. The maximum absolute atomic E-state index is 12.1. The van der Waals surface area contributed by atoms with Crippen molar-refractivity contribution >= 4 is 11.8 Å². The predicted molar refractivity (Wildman–Crippen MR) is 73.0 cm³/mol. The van der Waals surface area contributed by atoms with Crippen molar-refractivity contribution in [3.8, 4) is 0 Å². The summed E-state index contributed by atoms with van der Waals surface area (Å²) < 4.78 is 5.13. The molecule has 3 rings (SSSR count). The fourth-order valence-electron chi connectivity index (χ4n) is 2.78. The summed E-state index contributed by atoms with van der Waals surface area (Å²) >= 11 is 0. The average molecular weight is 276 g/mol. The first-order valence-electron chi connectivity index (χ1n) is 7.28. The van der Waals surface area contributed by atoms with Gasteiger partial charge in [0, 0.05) is 25.0 Å². The van der Waals surface area contributed by atoms with E-state index in [2.05, 4.69) is 12.2 Å². The van der Waals surface area contributed by atoms with Crippen LogP contribution in [0.2, 0.25) is 0 Å². The monoisotopic (exact) mass is 276 g/mol. The van der Waals surface area contributed by atoms with Gasteiger partial charge in [-0.1, -0.05) is 6.92 Å². The number of carbonyl (C=O) groups is 2. The van der Waals surface area contributed by atoms with Crippen molar-refractivity contribution < 1.29 is 14.0 Å². The van der Waals surface area contributed by atoms with Crippen molar-refractivity contribution in [3.05, 3.63) is 24.2 Å². The van der Waals surface area contributed by atoms with E-state index in [4.69, 9.17) is 4.42 Å². The molecule has 2 aliphatic rings. The number of carbonyl (C=O) groups excluding carboxylic acids is 2. The number of likely N-dealkylation sites (tertiary alicyclic amines) is 1. The van der Waals surface area contributed by atoms with Gasteiger partial charge in [-0.15, -0.1) is 0 Å². The Kier molecular flexibility index (Phi) is 3.51. The third-order valence-electron chi connectivity index (χ3n) is 4.31. The van der Waals surface area contributed by atoms with E-state index in [0.717, 1.165) is 19.3 Å². The molecule has 1 aliphatic heterocycles. The largest absolute Gasteiger partial charge is 0.459 e. The molecule has 1 aliphatic carbocycles. The summed E-state index contributed by atoms with van der Waals surface area (Å²) in [6, 6.07) is 3.61. The van der Waals surface area contributed by atoms with Crippen molar-refractivity contribution in [1.82, 2.24) is 10.2 Å². The molecule has 1 N–H and O–H groups in total. The summed E-state index contributed by atoms with van der Waals surface area (Å²) in [5.41, 5.74) is 0. The van der Waals surface area contributed by atoms with Crippen LogP contribution in [0, 0.1) is 11.8 Å². The molecule has 0 radical (unpaired) electrons. The minimum absolute atomic E-state index is 0.0596. The second kappa shape index (κ2) is 5.31.